The fourth-order valence-electron chi connectivity index (χ4n) is 1.66. The van der Waals surface area contributed by atoms with E-state index in [1.807, 2.05) is 12.1 Å². The predicted octanol–water partition coefficient (Wildman–Crippen LogP) is 1.68. The van der Waals surface area contributed by atoms with Crippen LogP contribution >= 0.6 is 0 Å². The van der Waals surface area contributed by atoms with Gasteiger partial charge in [-0.05, 0) is 29.9 Å². The number of benzene rings is 1. The monoisotopic (exact) mass is 192 g/mol. The summed E-state index contributed by atoms with van der Waals surface area (Å²) < 4.78 is 0. The van der Waals surface area contributed by atoms with Gasteiger partial charge in [-0.1, -0.05) is 24.3 Å². The molecule has 1 unspecified atom stereocenters. The van der Waals surface area contributed by atoms with Gasteiger partial charge in [-0.25, -0.2) is 4.79 Å². The van der Waals surface area contributed by atoms with Crippen LogP contribution in [0.3, 0.4) is 0 Å². The molecule has 2 rings (SSSR count). The number of hydrogen-bond donors (Lipinski definition) is 2. The summed E-state index contributed by atoms with van der Waals surface area (Å²) in [7, 11) is 0. The standard InChI is InChI=1S/C11H12O3/c12-10(11(13)14)9-4-2-1-3-8(9)7-5-6-7/h1-4,7,10,12H,5-6H2,(H,13,14). The third kappa shape index (κ3) is 1.63. The van der Waals surface area contributed by atoms with Crippen LogP contribution in [0.1, 0.15) is 36.0 Å². The summed E-state index contributed by atoms with van der Waals surface area (Å²) in [5, 5.41) is 18.2. The van der Waals surface area contributed by atoms with E-state index in [1.54, 1.807) is 12.1 Å². The van der Waals surface area contributed by atoms with E-state index in [-0.39, 0.29) is 0 Å². The summed E-state index contributed by atoms with van der Waals surface area (Å²) in [6.45, 7) is 0. The van der Waals surface area contributed by atoms with E-state index in [0.717, 1.165) is 18.4 Å². The fourth-order valence-corrected chi connectivity index (χ4v) is 1.66. The largest absolute Gasteiger partial charge is 0.479 e. The highest BCUT2D eigenvalue weighted by molar-refractivity contribution is 5.74. The first-order chi connectivity index (χ1) is 6.70. The highest BCUT2D eigenvalue weighted by Gasteiger charge is 2.29. The third-order valence-corrected chi connectivity index (χ3v) is 2.54. The van der Waals surface area contributed by atoms with E-state index in [9.17, 15) is 9.90 Å². The first-order valence-corrected chi connectivity index (χ1v) is 4.70. The van der Waals surface area contributed by atoms with Crippen molar-refractivity contribution in [3.05, 3.63) is 35.4 Å². The van der Waals surface area contributed by atoms with Gasteiger partial charge >= 0.3 is 5.97 Å². The second-order valence-electron chi connectivity index (χ2n) is 3.64. The lowest BCUT2D eigenvalue weighted by Crippen LogP contribution is -2.12. The van der Waals surface area contributed by atoms with Crippen molar-refractivity contribution < 1.29 is 15.0 Å². The molecule has 1 atom stereocenters. The van der Waals surface area contributed by atoms with Crippen LogP contribution in [0, 0.1) is 0 Å². The number of rotatable bonds is 3. The Hall–Kier alpha value is -1.35. The SMILES string of the molecule is O=C(O)C(O)c1ccccc1C1CC1. The third-order valence-electron chi connectivity index (χ3n) is 2.54. The molecule has 2 N–H and O–H groups in total. The van der Waals surface area contributed by atoms with E-state index >= 15 is 0 Å². The maximum atomic E-state index is 10.6. The van der Waals surface area contributed by atoms with Crippen LogP contribution in [0.5, 0.6) is 0 Å². The van der Waals surface area contributed by atoms with Gasteiger partial charge in [0.2, 0.25) is 0 Å². The number of aliphatic carboxylic acids is 1. The Morgan fingerprint density at radius 1 is 1.36 bits per heavy atom. The lowest BCUT2D eigenvalue weighted by molar-refractivity contribution is -0.147. The molecule has 3 nitrogen and oxygen atoms in total. The maximum absolute atomic E-state index is 10.6. The first kappa shape index (κ1) is 9.21. The van der Waals surface area contributed by atoms with Crippen molar-refractivity contribution in [1.82, 2.24) is 0 Å². The number of carboxylic acids is 1. The van der Waals surface area contributed by atoms with Crippen LogP contribution in [0.25, 0.3) is 0 Å². The van der Waals surface area contributed by atoms with E-state index in [2.05, 4.69) is 0 Å². The zero-order chi connectivity index (χ0) is 10.1. The lowest BCUT2D eigenvalue weighted by Gasteiger charge is -2.10. The Morgan fingerprint density at radius 3 is 2.57 bits per heavy atom. The van der Waals surface area contributed by atoms with Gasteiger partial charge in [0.15, 0.2) is 6.10 Å². The summed E-state index contributed by atoms with van der Waals surface area (Å²) in [5.74, 6) is -0.724. The van der Waals surface area contributed by atoms with E-state index < -0.39 is 12.1 Å². The van der Waals surface area contributed by atoms with E-state index in [0.29, 0.717) is 11.5 Å². The highest BCUT2D eigenvalue weighted by atomic mass is 16.4. The molecular weight excluding hydrogens is 180 g/mol. The Balaban J connectivity index is 2.35. The average molecular weight is 192 g/mol. The molecule has 14 heavy (non-hydrogen) atoms. The van der Waals surface area contributed by atoms with Crippen LogP contribution < -0.4 is 0 Å². The summed E-state index contributed by atoms with van der Waals surface area (Å²) in [6.07, 6.45) is 0.819. The molecule has 0 spiro atoms. The topological polar surface area (TPSA) is 57.5 Å². The van der Waals surface area contributed by atoms with Gasteiger partial charge in [-0.2, -0.15) is 0 Å². The minimum atomic E-state index is -1.38. The van der Waals surface area contributed by atoms with Crippen LogP contribution in [-0.2, 0) is 4.79 Å². The maximum Gasteiger partial charge on any atom is 0.337 e. The molecule has 3 heteroatoms. The molecule has 0 bridgehead atoms. The van der Waals surface area contributed by atoms with Crippen LogP contribution in [0.4, 0.5) is 0 Å². The fraction of sp³-hybridized carbons (Fsp3) is 0.364. The van der Waals surface area contributed by atoms with Crippen LogP contribution in [0.15, 0.2) is 24.3 Å². The number of carboxylic acid groups (broad SMARTS) is 1. The highest BCUT2D eigenvalue weighted by Crippen LogP contribution is 2.42. The van der Waals surface area contributed by atoms with Crippen molar-refractivity contribution in [2.24, 2.45) is 0 Å². The van der Waals surface area contributed by atoms with Crippen molar-refractivity contribution in [2.45, 2.75) is 24.9 Å². The zero-order valence-corrected chi connectivity index (χ0v) is 7.68. The summed E-state index contributed by atoms with van der Waals surface area (Å²) in [4.78, 5) is 10.6. The molecule has 0 aromatic heterocycles. The molecule has 1 aromatic rings. The predicted molar refractivity (Wildman–Crippen MR) is 51.0 cm³/mol. The average Bonchev–Trinajstić information content (AvgIpc) is 3.00. The molecule has 1 saturated carbocycles. The Bertz CT molecular complexity index is 355. The van der Waals surface area contributed by atoms with Crippen molar-refractivity contribution in [1.29, 1.82) is 0 Å². The van der Waals surface area contributed by atoms with Crippen molar-refractivity contribution in [2.75, 3.05) is 0 Å². The summed E-state index contributed by atoms with van der Waals surface area (Å²) >= 11 is 0. The van der Waals surface area contributed by atoms with Gasteiger partial charge in [-0.3, -0.25) is 0 Å². The molecule has 0 heterocycles. The van der Waals surface area contributed by atoms with Gasteiger partial charge < -0.3 is 10.2 Å². The Labute approximate surface area is 82.0 Å². The molecule has 0 radical (unpaired) electrons. The molecular formula is C11H12O3. The Morgan fingerprint density at radius 2 is 2.00 bits per heavy atom. The van der Waals surface area contributed by atoms with Crippen LogP contribution in [0.2, 0.25) is 0 Å². The summed E-state index contributed by atoms with van der Waals surface area (Å²) in [5.41, 5.74) is 1.53. The molecule has 0 saturated heterocycles. The molecule has 0 amide bonds. The van der Waals surface area contributed by atoms with E-state index in [1.165, 1.54) is 0 Å². The molecule has 1 aromatic carbocycles. The Kier molecular flexibility index (Phi) is 2.25. The van der Waals surface area contributed by atoms with Crippen molar-refractivity contribution in [3.8, 4) is 0 Å². The molecule has 0 aliphatic heterocycles. The van der Waals surface area contributed by atoms with Crippen LogP contribution in [-0.4, -0.2) is 16.2 Å². The molecule has 74 valence electrons. The quantitative estimate of drug-likeness (QED) is 0.766. The minimum Gasteiger partial charge on any atom is -0.479 e. The van der Waals surface area contributed by atoms with Crippen molar-refractivity contribution >= 4 is 5.97 Å². The normalized spacial score (nSPS) is 17.8. The number of carbonyl (C=O) groups is 1. The van der Waals surface area contributed by atoms with Gasteiger partial charge in [0, 0.05) is 0 Å². The lowest BCUT2D eigenvalue weighted by atomic mass is 9.99. The van der Waals surface area contributed by atoms with Gasteiger partial charge in [0.1, 0.15) is 0 Å². The number of hydrogen-bond acceptors (Lipinski definition) is 2. The molecule has 1 aliphatic carbocycles. The summed E-state index contributed by atoms with van der Waals surface area (Å²) in [6, 6.07) is 7.23. The van der Waals surface area contributed by atoms with Crippen molar-refractivity contribution in [3.63, 3.8) is 0 Å². The minimum absolute atomic E-state index is 0.459. The molecule has 1 fully saturated rings. The second kappa shape index (κ2) is 3.42. The van der Waals surface area contributed by atoms with E-state index in [4.69, 9.17) is 5.11 Å². The van der Waals surface area contributed by atoms with Gasteiger partial charge in [-0.15, -0.1) is 0 Å². The zero-order valence-electron chi connectivity index (χ0n) is 7.68. The first-order valence-electron chi connectivity index (χ1n) is 4.70. The van der Waals surface area contributed by atoms with Gasteiger partial charge in [0.05, 0.1) is 0 Å². The second-order valence-corrected chi connectivity index (χ2v) is 3.64. The van der Waals surface area contributed by atoms with Gasteiger partial charge in [0.25, 0.3) is 0 Å². The number of aliphatic hydroxyl groups excluding tert-OH is 1. The number of aliphatic hydroxyl groups is 1. The molecule has 1 aliphatic rings. The smallest absolute Gasteiger partial charge is 0.337 e.